The van der Waals surface area contributed by atoms with Gasteiger partial charge in [0.15, 0.2) is 6.10 Å². The van der Waals surface area contributed by atoms with Gasteiger partial charge in [-0.25, -0.2) is 4.39 Å². The van der Waals surface area contributed by atoms with E-state index in [9.17, 15) is 9.18 Å². The fourth-order valence-electron chi connectivity index (χ4n) is 2.81. The highest BCUT2D eigenvalue weighted by Gasteiger charge is 2.35. The van der Waals surface area contributed by atoms with Gasteiger partial charge in [0.1, 0.15) is 11.6 Å². The van der Waals surface area contributed by atoms with E-state index < -0.39 is 11.9 Å². The Morgan fingerprint density at radius 2 is 1.96 bits per heavy atom. The molecular formula is C18H14FN3O3. The lowest BCUT2D eigenvalue weighted by atomic mass is 10.2. The zero-order chi connectivity index (χ0) is 17.2. The lowest BCUT2D eigenvalue weighted by molar-refractivity contribution is -0.122. The number of aromatic nitrogens is 2. The lowest BCUT2D eigenvalue weighted by Crippen LogP contribution is -2.32. The second-order valence-electron chi connectivity index (χ2n) is 5.60. The normalized spacial score (nSPS) is 17.1. The van der Waals surface area contributed by atoms with Crippen LogP contribution in [0, 0.1) is 5.82 Å². The molecule has 0 saturated carbocycles. The number of anilines is 1. The summed E-state index contributed by atoms with van der Waals surface area (Å²) < 4.78 is 24.8. The van der Waals surface area contributed by atoms with Crippen LogP contribution in [0.25, 0.3) is 11.5 Å². The van der Waals surface area contributed by atoms with Gasteiger partial charge < -0.3 is 14.1 Å². The Morgan fingerprint density at radius 1 is 1.16 bits per heavy atom. The second kappa shape index (κ2) is 6.35. The van der Waals surface area contributed by atoms with Crippen molar-refractivity contribution in [1.29, 1.82) is 0 Å². The minimum Gasteiger partial charge on any atom is -0.481 e. The van der Waals surface area contributed by atoms with Crippen molar-refractivity contribution in [2.45, 2.75) is 12.5 Å². The van der Waals surface area contributed by atoms with Crippen molar-refractivity contribution in [3.05, 3.63) is 60.7 Å². The van der Waals surface area contributed by atoms with Crippen LogP contribution in [0.15, 0.2) is 59.3 Å². The summed E-state index contributed by atoms with van der Waals surface area (Å²) in [6.45, 7) is 0.421. The molecule has 1 fully saturated rings. The molecule has 7 heteroatoms. The van der Waals surface area contributed by atoms with Crippen LogP contribution in [-0.2, 0) is 4.79 Å². The third kappa shape index (κ3) is 2.96. The Bertz CT molecular complexity index is 881. The molecule has 1 atom stereocenters. The van der Waals surface area contributed by atoms with Gasteiger partial charge in [-0.2, -0.15) is 0 Å². The summed E-state index contributed by atoms with van der Waals surface area (Å²) in [6, 6.07) is 13.3. The minimum absolute atomic E-state index is 0.244. The van der Waals surface area contributed by atoms with Crippen LogP contribution >= 0.6 is 0 Å². The van der Waals surface area contributed by atoms with Crippen molar-refractivity contribution in [2.75, 3.05) is 11.4 Å². The van der Waals surface area contributed by atoms with Crippen LogP contribution in [0.4, 0.5) is 10.1 Å². The number of halogens is 1. The summed E-state index contributed by atoms with van der Waals surface area (Å²) >= 11 is 0. The molecule has 4 rings (SSSR count). The molecule has 25 heavy (non-hydrogen) atoms. The standard InChI is InChI=1S/C18H14FN3O3/c19-14-3-1-2-4-15(14)22-10-9-16(18(22)23)25-13-7-5-12(6-8-13)17-21-20-11-24-17/h1-8,11,16H,9-10H2. The summed E-state index contributed by atoms with van der Waals surface area (Å²) in [5, 5.41) is 7.46. The summed E-state index contributed by atoms with van der Waals surface area (Å²) in [6.07, 6.45) is 1.13. The molecule has 0 aliphatic carbocycles. The van der Waals surface area contributed by atoms with Crippen LogP contribution in [0.1, 0.15) is 6.42 Å². The summed E-state index contributed by atoms with van der Waals surface area (Å²) in [5.74, 6) is 0.303. The Balaban J connectivity index is 1.47. The average Bonchev–Trinajstić information content (AvgIpc) is 3.28. The lowest BCUT2D eigenvalue weighted by Gasteiger charge is -2.17. The number of hydrogen-bond donors (Lipinski definition) is 0. The van der Waals surface area contributed by atoms with Crippen molar-refractivity contribution in [2.24, 2.45) is 0 Å². The molecule has 0 N–H and O–H groups in total. The summed E-state index contributed by atoms with van der Waals surface area (Å²) in [7, 11) is 0. The highest BCUT2D eigenvalue weighted by molar-refractivity contribution is 5.99. The van der Waals surface area contributed by atoms with Crippen molar-refractivity contribution in [1.82, 2.24) is 10.2 Å². The predicted octanol–water partition coefficient (Wildman–Crippen LogP) is 3.06. The molecule has 2 heterocycles. The Kier molecular flexibility index (Phi) is 3.89. The SMILES string of the molecule is O=C1C(Oc2ccc(-c3nnco3)cc2)CCN1c1ccccc1F. The number of nitrogens with zero attached hydrogens (tertiary/aromatic N) is 3. The first-order valence-corrected chi connectivity index (χ1v) is 7.81. The van der Waals surface area contributed by atoms with Crippen LogP contribution in [0.2, 0.25) is 0 Å². The van der Waals surface area contributed by atoms with Gasteiger partial charge in [-0.15, -0.1) is 10.2 Å². The van der Waals surface area contributed by atoms with E-state index in [0.29, 0.717) is 24.6 Å². The maximum atomic E-state index is 13.9. The molecule has 1 saturated heterocycles. The van der Waals surface area contributed by atoms with Gasteiger partial charge in [0, 0.05) is 18.5 Å². The fourth-order valence-corrected chi connectivity index (χ4v) is 2.81. The van der Waals surface area contributed by atoms with E-state index >= 15 is 0 Å². The molecule has 1 amide bonds. The smallest absolute Gasteiger partial charge is 0.268 e. The van der Waals surface area contributed by atoms with Crippen molar-refractivity contribution < 1.29 is 18.3 Å². The Hall–Kier alpha value is -3.22. The van der Waals surface area contributed by atoms with Gasteiger partial charge in [0.25, 0.3) is 5.91 Å². The van der Waals surface area contributed by atoms with Gasteiger partial charge in [-0.05, 0) is 36.4 Å². The first kappa shape index (κ1) is 15.3. The Morgan fingerprint density at radius 3 is 2.68 bits per heavy atom. The number of benzene rings is 2. The number of amides is 1. The molecule has 1 aromatic heterocycles. The second-order valence-corrected chi connectivity index (χ2v) is 5.60. The van der Waals surface area contributed by atoms with Crippen LogP contribution in [0.3, 0.4) is 0 Å². The minimum atomic E-state index is -0.631. The quantitative estimate of drug-likeness (QED) is 0.731. The van der Waals surface area contributed by atoms with Crippen molar-refractivity contribution in [3.8, 4) is 17.2 Å². The zero-order valence-electron chi connectivity index (χ0n) is 13.1. The van der Waals surface area contributed by atoms with E-state index in [1.54, 1.807) is 42.5 Å². The van der Waals surface area contributed by atoms with E-state index in [-0.39, 0.29) is 11.6 Å². The van der Waals surface area contributed by atoms with Gasteiger partial charge in [0.05, 0.1) is 5.69 Å². The highest BCUT2D eigenvalue weighted by atomic mass is 19.1. The molecule has 1 aliphatic rings. The van der Waals surface area contributed by atoms with Crippen LogP contribution in [0.5, 0.6) is 5.75 Å². The molecule has 6 nitrogen and oxygen atoms in total. The van der Waals surface area contributed by atoms with Gasteiger partial charge in [-0.1, -0.05) is 12.1 Å². The number of ether oxygens (including phenoxy) is 1. The van der Waals surface area contributed by atoms with Gasteiger partial charge in [-0.3, -0.25) is 4.79 Å². The number of carbonyl (C=O) groups excluding carboxylic acids is 1. The maximum absolute atomic E-state index is 13.9. The van der Waals surface area contributed by atoms with E-state index in [0.717, 1.165) is 5.56 Å². The predicted molar refractivity (Wildman–Crippen MR) is 87.5 cm³/mol. The first-order chi connectivity index (χ1) is 12.2. The molecule has 3 aromatic rings. The third-order valence-corrected chi connectivity index (χ3v) is 4.04. The number of para-hydroxylation sites is 1. The third-order valence-electron chi connectivity index (χ3n) is 4.04. The Labute approximate surface area is 142 Å². The van der Waals surface area contributed by atoms with Crippen LogP contribution in [-0.4, -0.2) is 28.8 Å². The molecule has 0 bridgehead atoms. The number of rotatable bonds is 4. The number of carbonyl (C=O) groups is 1. The largest absolute Gasteiger partial charge is 0.481 e. The molecule has 0 radical (unpaired) electrons. The van der Waals surface area contributed by atoms with E-state index in [4.69, 9.17) is 9.15 Å². The molecule has 126 valence electrons. The highest BCUT2D eigenvalue weighted by Crippen LogP contribution is 2.27. The van der Waals surface area contributed by atoms with Gasteiger partial charge in [0.2, 0.25) is 12.3 Å². The summed E-state index contributed by atoms with van der Waals surface area (Å²) in [4.78, 5) is 13.9. The monoisotopic (exact) mass is 339 g/mol. The van der Waals surface area contributed by atoms with E-state index in [1.165, 1.54) is 17.4 Å². The number of hydrogen-bond acceptors (Lipinski definition) is 5. The molecule has 2 aromatic carbocycles. The topological polar surface area (TPSA) is 68.5 Å². The maximum Gasteiger partial charge on any atom is 0.268 e. The summed E-state index contributed by atoms with van der Waals surface area (Å²) in [5.41, 5.74) is 1.04. The van der Waals surface area contributed by atoms with Crippen molar-refractivity contribution >= 4 is 11.6 Å². The molecule has 0 spiro atoms. The first-order valence-electron chi connectivity index (χ1n) is 7.81. The van der Waals surface area contributed by atoms with E-state index in [1.807, 2.05) is 0 Å². The van der Waals surface area contributed by atoms with Gasteiger partial charge >= 0.3 is 0 Å². The molecular weight excluding hydrogens is 325 g/mol. The average molecular weight is 339 g/mol. The van der Waals surface area contributed by atoms with Crippen LogP contribution < -0.4 is 9.64 Å². The fraction of sp³-hybridized carbons (Fsp3) is 0.167. The molecule has 1 unspecified atom stereocenters. The zero-order valence-corrected chi connectivity index (χ0v) is 13.1. The van der Waals surface area contributed by atoms with Crippen molar-refractivity contribution in [3.63, 3.8) is 0 Å². The van der Waals surface area contributed by atoms with E-state index in [2.05, 4.69) is 10.2 Å². The molecule has 1 aliphatic heterocycles.